The highest BCUT2D eigenvalue weighted by Crippen LogP contribution is 2.38. The molecule has 0 amide bonds. The van der Waals surface area contributed by atoms with Crippen molar-refractivity contribution in [3.05, 3.63) is 0 Å². The molecule has 3 heteroatoms. The van der Waals surface area contributed by atoms with Gasteiger partial charge in [0.25, 0.3) is 0 Å². The van der Waals surface area contributed by atoms with Crippen LogP contribution in [-0.4, -0.2) is 23.7 Å². The molecule has 3 unspecified atom stereocenters. The molecule has 2 N–H and O–H groups in total. The quantitative estimate of drug-likeness (QED) is 0.609. The van der Waals surface area contributed by atoms with Gasteiger partial charge in [-0.2, -0.15) is 0 Å². The summed E-state index contributed by atoms with van der Waals surface area (Å²) in [5, 5.41) is 11.9. The molecule has 3 atom stereocenters. The van der Waals surface area contributed by atoms with Crippen molar-refractivity contribution in [3.8, 4) is 0 Å². The van der Waals surface area contributed by atoms with Crippen LogP contribution in [0.15, 0.2) is 0 Å². The maximum Gasteiger partial charge on any atom is 0.303 e. The Bertz CT molecular complexity index is 181. The third kappa shape index (κ3) is 1.25. The van der Waals surface area contributed by atoms with Gasteiger partial charge < -0.3 is 10.4 Å². The van der Waals surface area contributed by atoms with Crippen molar-refractivity contribution in [3.63, 3.8) is 0 Å². The van der Waals surface area contributed by atoms with Crippen LogP contribution in [0.4, 0.5) is 0 Å². The van der Waals surface area contributed by atoms with E-state index in [1.54, 1.807) is 0 Å². The first-order valence-corrected chi connectivity index (χ1v) is 4.21. The zero-order chi connectivity index (χ0) is 7.84. The highest BCUT2D eigenvalue weighted by molar-refractivity contribution is 5.67. The van der Waals surface area contributed by atoms with Gasteiger partial charge >= 0.3 is 5.97 Å². The minimum Gasteiger partial charge on any atom is -0.481 e. The zero-order valence-corrected chi connectivity index (χ0v) is 6.42. The molecule has 2 rings (SSSR count). The molecule has 0 aromatic rings. The second-order valence-electron chi connectivity index (χ2n) is 3.69. The maximum absolute atomic E-state index is 10.4. The van der Waals surface area contributed by atoms with E-state index >= 15 is 0 Å². The number of nitrogens with one attached hydrogen (secondary N) is 1. The molecule has 1 heterocycles. The van der Waals surface area contributed by atoms with Gasteiger partial charge in [0.1, 0.15) is 0 Å². The van der Waals surface area contributed by atoms with Gasteiger partial charge in [-0.05, 0) is 31.2 Å². The van der Waals surface area contributed by atoms with Gasteiger partial charge in [0.2, 0.25) is 0 Å². The molecule has 1 saturated heterocycles. The van der Waals surface area contributed by atoms with E-state index in [0.29, 0.717) is 24.3 Å². The van der Waals surface area contributed by atoms with Gasteiger partial charge in [-0.25, -0.2) is 0 Å². The van der Waals surface area contributed by atoms with Crippen LogP contribution in [0.3, 0.4) is 0 Å². The number of hydrogen-bond acceptors (Lipinski definition) is 2. The van der Waals surface area contributed by atoms with Crippen LogP contribution in [0.5, 0.6) is 0 Å². The largest absolute Gasteiger partial charge is 0.481 e. The summed E-state index contributed by atoms with van der Waals surface area (Å²) in [5.74, 6) is 0.470. The number of carbonyl (C=O) groups is 1. The standard InChI is InChI=1S/C8H13NO2/c10-8(11)3-5-1-7-2-6(5)4-9-7/h5-7,9H,1-4H2,(H,10,11). The predicted molar refractivity (Wildman–Crippen MR) is 40.3 cm³/mol. The molecule has 11 heavy (non-hydrogen) atoms. The van der Waals surface area contributed by atoms with Gasteiger partial charge in [-0.3, -0.25) is 4.79 Å². The van der Waals surface area contributed by atoms with Crippen LogP contribution < -0.4 is 5.32 Å². The summed E-state index contributed by atoms with van der Waals surface area (Å²) < 4.78 is 0. The van der Waals surface area contributed by atoms with Crippen molar-refractivity contribution in [1.82, 2.24) is 5.32 Å². The van der Waals surface area contributed by atoms with Gasteiger partial charge in [-0.1, -0.05) is 0 Å². The van der Waals surface area contributed by atoms with Crippen molar-refractivity contribution in [2.75, 3.05) is 6.54 Å². The van der Waals surface area contributed by atoms with Crippen LogP contribution in [0, 0.1) is 11.8 Å². The predicted octanol–water partition coefficient (Wildman–Crippen LogP) is 0.459. The molecular formula is C8H13NO2. The van der Waals surface area contributed by atoms with Crippen LogP contribution in [0.2, 0.25) is 0 Å². The van der Waals surface area contributed by atoms with E-state index in [9.17, 15) is 4.79 Å². The van der Waals surface area contributed by atoms with Crippen LogP contribution >= 0.6 is 0 Å². The minimum atomic E-state index is -0.637. The molecule has 3 nitrogen and oxygen atoms in total. The van der Waals surface area contributed by atoms with Gasteiger partial charge in [0.15, 0.2) is 0 Å². The smallest absolute Gasteiger partial charge is 0.303 e. The third-order valence-corrected chi connectivity index (χ3v) is 2.95. The van der Waals surface area contributed by atoms with E-state index < -0.39 is 5.97 Å². The lowest BCUT2D eigenvalue weighted by molar-refractivity contribution is -0.138. The summed E-state index contributed by atoms with van der Waals surface area (Å²) in [7, 11) is 0. The van der Waals surface area contributed by atoms with Gasteiger partial charge in [0, 0.05) is 12.5 Å². The van der Waals surface area contributed by atoms with E-state index in [2.05, 4.69) is 5.32 Å². The number of carboxylic acid groups (broad SMARTS) is 1. The molecule has 62 valence electrons. The average molecular weight is 155 g/mol. The van der Waals surface area contributed by atoms with E-state index in [1.807, 2.05) is 0 Å². The van der Waals surface area contributed by atoms with Crippen molar-refractivity contribution in [2.24, 2.45) is 11.8 Å². The third-order valence-electron chi connectivity index (χ3n) is 2.95. The Hall–Kier alpha value is -0.570. The number of rotatable bonds is 2. The second kappa shape index (κ2) is 2.48. The maximum atomic E-state index is 10.4. The summed E-state index contributed by atoms with van der Waals surface area (Å²) in [4.78, 5) is 10.4. The van der Waals surface area contributed by atoms with Gasteiger partial charge in [0.05, 0.1) is 0 Å². The Morgan fingerprint density at radius 1 is 1.55 bits per heavy atom. The van der Waals surface area contributed by atoms with E-state index in [0.717, 1.165) is 13.0 Å². The molecule has 0 spiro atoms. The van der Waals surface area contributed by atoms with Crippen molar-refractivity contribution < 1.29 is 9.90 Å². The van der Waals surface area contributed by atoms with Crippen LogP contribution in [-0.2, 0) is 4.79 Å². The fourth-order valence-corrected chi connectivity index (χ4v) is 2.42. The highest BCUT2D eigenvalue weighted by Gasteiger charge is 2.39. The number of piperidine rings is 1. The zero-order valence-electron chi connectivity index (χ0n) is 6.42. The summed E-state index contributed by atoms with van der Waals surface area (Å²) in [5.41, 5.74) is 0. The molecule has 1 aliphatic carbocycles. The molecule has 1 aliphatic heterocycles. The topological polar surface area (TPSA) is 49.3 Å². The molecular weight excluding hydrogens is 142 g/mol. The van der Waals surface area contributed by atoms with Crippen LogP contribution in [0.1, 0.15) is 19.3 Å². The van der Waals surface area contributed by atoms with Crippen molar-refractivity contribution in [1.29, 1.82) is 0 Å². The molecule has 0 radical (unpaired) electrons. The second-order valence-corrected chi connectivity index (χ2v) is 3.69. The SMILES string of the molecule is O=C(O)CC1CC2CC1CN2. The molecule has 2 fully saturated rings. The molecule has 0 aromatic heterocycles. The molecule has 2 aliphatic rings. The number of carboxylic acids is 1. The molecule has 1 saturated carbocycles. The Labute approximate surface area is 65.8 Å². The normalized spacial score (nSPS) is 41.3. The lowest BCUT2D eigenvalue weighted by atomic mass is 9.92. The van der Waals surface area contributed by atoms with Crippen molar-refractivity contribution >= 4 is 5.97 Å². The summed E-state index contributed by atoms with van der Waals surface area (Å²) >= 11 is 0. The Kier molecular flexibility index (Phi) is 1.60. The summed E-state index contributed by atoms with van der Waals surface area (Å²) in [6.45, 7) is 1.04. The summed E-state index contributed by atoms with van der Waals surface area (Å²) in [6, 6.07) is 0.629. The first kappa shape index (κ1) is 7.10. The lowest BCUT2D eigenvalue weighted by Gasteiger charge is -2.20. The number of hydrogen-bond donors (Lipinski definition) is 2. The molecule has 0 aromatic carbocycles. The van der Waals surface area contributed by atoms with Crippen LogP contribution in [0.25, 0.3) is 0 Å². The lowest BCUT2D eigenvalue weighted by Crippen LogP contribution is -2.30. The number of fused-ring (bicyclic) bond motifs is 2. The van der Waals surface area contributed by atoms with Crippen molar-refractivity contribution in [2.45, 2.75) is 25.3 Å². The monoisotopic (exact) mass is 155 g/mol. The first-order chi connectivity index (χ1) is 5.25. The Morgan fingerprint density at radius 2 is 2.36 bits per heavy atom. The molecule has 2 bridgehead atoms. The summed E-state index contributed by atoms with van der Waals surface area (Å²) in [6.07, 6.45) is 2.66. The Morgan fingerprint density at radius 3 is 2.82 bits per heavy atom. The first-order valence-electron chi connectivity index (χ1n) is 4.21. The number of aliphatic carboxylic acids is 1. The van der Waals surface area contributed by atoms with E-state index in [1.165, 1.54) is 6.42 Å². The van der Waals surface area contributed by atoms with E-state index in [-0.39, 0.29) is 0 Å². The minimum absolute atomic E-state index is 0.378. The van der Waals surface area contributed by atoms with Gasteiger partial charge in [-0.15, -0.1) is 0 Å². The average Bonchev–Trinajstić information content (AvgIpc) is 2.45. The Balaban J connectivity index is 1.92. The fourth-order valence-electron chi connectivity index (χ4n) is 2.42. The van der Waals surface area contributed by atoms with E-state index in [4.69, 9.17) is 5.11 Å². The fraction of sp³-hybridized carbons (Fsp3) is 0.875. The highest BCUT2D eigenvalue weighted by atomic mass is 16.4.